The zero-order valence-corrected chi connectivity index (χ0v) is 13.2. The first-order chi connectivity index (χ1) is 10.2. The van der Waals surface area contributed by atoms with Crippen LogP contribution in [0.1, 0.15) is 12.5 Å². The van der Waals surface area contributed by atoms with Crippen LogP contribution in [0.5, 0.6) is 11.6 Å². The van der Waals surface area contributed by atoms with E-state index in [9.17, 15) is 0 Å². The summed E-state index contributed by atoms with van der Waals surface area (Å²) in [7, 11) is 0. The van der Waals surface area contributed by atoms with Crippen LogP contribution in [0.25, 0.3) is 11.0 Å². The number of nitrogens with one attached hydrogen (secondary N) is 2. The molecular weight excluding hydrogens is 334 g/mol. The van der Waals surface area contributed by atoms with E-state index in [-0.39, 0.29) is 0 Å². The Balaban J connectivity index is 2.01. The molecule has 0 aliphatic heterocycles. The molecule has 21 heavy (non-hydrogen) atoms. The normalized spacial score (nSPS) is 10.8. The molecule has 0 radical (unpaired) electrons. The number of H-pyrrole nitrogens is 1. The minimum atomic E-state index is 0.478. The predicted octanol–water partition coefficient (Wildman–Crippen LogP) is 3.65. The van der Waals surface area contributed by atoms with Gasteiger partial charge in [-0.1, -0.05) is 15.9 Å². The third kappa shape index (κ3) is 2.82. The van der Waals surface area contributed by atoms with E-state index in [0.29, 0.717) is 17.5 Å². The summed E-state index contributed by atoms with van der Waals surface area (Å²) < 4.78 is 6.94. The second-order valence-electron chi connectivity index (χ2n) is 4.53. The lowest BCUT2D eigenvalue weighted by Gasteiger charge is -2.09. The van der Waals surface area contributed by atoms with Gasteiger partial charge in [-0.05, 0) is 37.6 Å². The van der Waals surface area contributed by atoms with Crippen molar-refractivity contribution < 1.29 is 4.74 Å². The molecule has 0 atom stereocenters. The average molecular weight is 348 g/mol. The number of nitrogens with zero attached hydrogens (tertiary/aromatic N) is 3. The Morgan fingerprint density at radius 2 is 2.19 bits per heavy atom. The lowest BCUT2D eigenvalue weighted by atomic mass is 10.2. The van der Waals surface area contributed by atoms with Crippen molar-refractivity contribution in [1.82, 2.24) is 20.2 Å². The molecule has 0 unspecified atom stereocenters. The summed E-state index contributed by atoms with van der Waals surface area (Å²) in [6.07, 6.45) is 1.66. The molecule has 6 nitrogen and oxygen atoms in total. The maximum atomic E-state index is 5.90. The second-order valence-corrected chi connectivity index (χ2v) is 5.38. The third-order valence-corrected chi connectivity index (χ3v) is 3.84. The summed E-state index contributed by atoms with van der Waals surface area (Å²) in [4.78, 5) is 8.73. The van der Waals surface area contributed by atoms with Gasteiger partial charge in [-0.2, -0.15) is 15.1 Å². The highest BCUT2D eigenvalue weighted by Crippen LogP contribution is 2.29. The Morgan fingerprint density at radius 1 is 1.33 bits per heavy atom. The summed E-state index contributed by atoms with van der Waals surface area (Å²) in [6, 6.07) is 5.78. The smallest absolute Gasteiger partial charge is 0.235 e. The van der Waals surface area contributed by atoms with E-state index in [4.69, 9.17) is 4.74 Å². The van der Waals surface area contributed by atoms with Crippen LogP contribution in [0.3, 0.4) is 0 Å². The lowest BCUT2D eigenvalue weighted by molar-refractivity contribution is 0.468. The number of rotatable bonds is 4. The van der Waals surface area contributed by atoms with Gasteiger partial charge in [-0.3, -0.25) is 5.10 Å². The number of hydrogen-bond donors (Lipinski definition) is 2. The Morgan fingerprint density at radius 3 is 2.95 bits per heavy atom. The van der Waals surface area contributed by atoms with Crippen LogP contribution in [0.2, 0.25) is 0 Å². The van der Waals surface area contributed by atoms with E-state index < -0.39 is 0 Å². The highest BCUT2D eigenvalue weighted by atomic mass is 79.9. The lowest BCUT2D eigenvalue weighted by Crippen LogP contribution is -2.03. The van der Waals surface area contributed by atoms with Crippen molar-refractivity contribution in [2.75, 3.05) is 11.9 Å². The Bertz CT molecular complexity index is 786. The Hall–Kier alpha value is -2.15. The molecule has 3 aromatic rings. The molecule has 1 aromatic carbocycles. The fourth-order valence-electron chi connectivity index (χ4n) is 1.92. The van der Waals surface area contributed by atoms with Crippen molar-refractivity contribution in [2.24, 2.45) is 0 Å². The molecule has 0 saturated heterocycles. The summed E-state index contributed by atoms with van der Waals surface area (Å²) in [5.41, 5.74) is 1.74. The number of aromatic amines is 1. The van der Waals surface area contributed by atoms with Crippen LogP contribution < -0.4 is 10.1 Å². The van der Waals surface area contributed by atoms with Crippen molar-refractivity contribution in [3.8, 4) is 11.6 Å². The maximum absolute atomic E-state index is 5.90. The molecular formula is C14H14BrN5O. The number of aryl methyl sites for hydroxylation is 1. The van der Waals surface area contributed by atoms with Crippen molar-refractivity contribution in [3.63, 3.8) is 0 Å². The maximum Gasteiger partial charge on any atom is 0.235 e. The van der Waals surface area contributed by atoms with Crippen molar-refractivity contribution >= 4 is 32.9 Å². The number of hydrogen-bond acceptors (Lipinski definition) is 5. The van der Waals surface area contributed by atoms with Gasteiger partial charge in [0.25, 0.3) is 0 Å². The zero-order chi connectivity index (χ0) is 14.8. The van der Waals surface area contributed by atoms with Crippen molar-refractivity contribution in [3.05, 3.63) is 34.4 Å². The zero-order valence-electron chi connectivity index (χ0n) is 11.6. The van der Waals surface area contributed by atoms with E-state index in [1.165, 1.54) is 0 Å². The van der Waals surface area contributed by atoms with Crippen molar-refractivity contribution in [1.29, 1.82) is 0 Å². The number of aromatic nitrogens is 4. The summed E-state index contributed by atoms with van der Waals surface area (Å²) in [5.74, 6) is 1.71. The molecule has 0 fully saturated rings. The van der Waals surface area contributed by atoms with Gasteiger partial charge in [0.15, 0.2) is 5.65 Å². The van der Waals surface area contributed by atoms with E-state index in [1.807, 2.05) is 32.0 Å². The second kappa shape index (κ2) is 5.69. The van der Waals surface area contributed by atoms with Gasteiger partial charge < -0.3 is 10.1 Å². The minimum absolute atomic E-state index is 0.478. The van der Waals surface area contributed by atoms with Gasteiger partial charge in [-0.15, -0.1) is 0 Å². The molecule has 0 amide bonds. The van der Waals surface area contributed by atoms with Crippen molar-refractivity contribution in [2.45, 2.75) is 13.8 Å². The molecule has 0 spiro atoms. The monoisotopic (exact) mass is 347 g/mol. The predicted molar refractivity (Wildman–Crippen MR) is 84.8 cm³/mol. The largest absolute Gasteiger partial charge is 0.438 e. The van der Waals surface area contributed by atoms with E-state index in [0.717, 1.165) is 27.7 Å². The first-order valence-corrected chi connectivity index (χ1v) is 7.35. The fourth-order valence-corrected chi connectivity index (χ4v) is 2.16. The first-order valence-electron chi connectivity index (χ1n) is 6.56. The van der Waals surface area contributed by atoms with Gasteiger partial charge in [0.05, 0.1) is 6.20 Å². The minimum Gasteiger partial charge on any atom is -0.438 e. The highest BCUT2D eigenvalue weighted by molar-refractivity contribution is 9.10. The van der Waals surface area contributed by atoms with Crippen LogP contribution in [-0.4, -0.2) is 26.7 Å². The standard InChI is InChI=1S/C14H14BrN5O/c1-3-16-14-18-12-10(7-17-20-12)13(19-14)21-9-4-5-11(15)8(2)6-9/h4-7H,3H2,1-2H3,(H2,16,17,18,19,20). The van der Waals surface area contributed by atoms with Crippen LogP contribution in [0.4, 0.5) is 5.95 Å². The molecule has 3 rings (SSSR count). The third-order valence-electron chi connectivity index (χ3n) is 2.95. The summed E-state index contributed by atoms with van der Waals surface area (Å²) in [6.45, 7) is 4.73. The van der Waals surface area contributed by atoms with Gasteiger partial charge in [0, 0.05) is 11.0 Å². The van der Waals surface area contributed by atoms with E-state index in [1.54, 1.807) is 6.20 Å². The molecule has 0 bridgehead atoms. The Kier molecular flexibility index (Phi) is 3.74. The number of anilines is 1. The van der Waals surface area contributed by atoms with Gasteiger partial charge >= 0.3 is 0 Å². The highest BCUT2D eigenvalue weighted by Gasteiger charge is 2.11. The average Bonchev–Trinajstić information content (AvgIpc) is 2.92. The van der Waals surface area contributed by atoms with Gasteiger partial charge in [0.2, 0.25) is 11.8 Å². The molecule has 0 saturated carbocycles. The molecule has 2 N–H and O–H groups in total. The van der Waals surface area contributed by atoms with Crippen LogP contribution in [0.15, 0.2) is 28.9 Å². The molecule has 7 heteroatoms. The summed E-state index contributed by atoms with van der Waals surface area (Å²) in [5, 5.41) is 10.7. The first kappa shape index (κ1) is 13.8. The summed E-state index contributed by atoms with van der Waals surface area (Å²) >= 11 is 3.47. The van der Waals surface area contributed by atoms with Crippen LogP contribution in [0, 0.1) is 6.92 Å². The van der Waals surface area contributed by atoms with E-state index >= 15 is 0 Å². The fraction of sp³-hybridized carbons (Fsp3) is 0.214. The molecule has 2 heterocycles. The van der Waals surface area contributed by atoms with E-state index in [2.05, 4.69) is 41.4 Å². The Labute approximate surface area is 130 Å². The number of benzene rings is 1. The quantitative estimate of drug-likeness (QED) is 0.753. The van der Waals surface area contributed by atoms with Crippen LogP contribution >= 0.6 is 15.9 Å². The topological polar surface area (TPSA) is 75.7 Å². The number of fused-ring (bicyclic) bond motifs is 1. The van der Waals surface area contributed by atoms with Gasteiger partial charge in [-0.25, -0.2) is 0 Å². The van der Waals surface area contributed by atoms with Crippen LogP contribution in [-0.2, 0) is 0 Å². The molecule has 2 aromatic heterocycles. The number of halogens is 1. The molecule has 0 aliphatic carbocycles. The van der Waals surface area contributed by atoms with Gasteiger partial charge in [0.1, 0.15) is 11.1 Å². The molecule has 0 aliphatic rings. The molecule has 108 valence electrons. The number of ether oxygens (including phenoxy) is 1. The SMILES string of the molecule is CCNc1nc(Oc2ccc(Br)c(C)c2)c2cn[nH]c2n1.